The van der Waals surface area contributed by atoms with Gasteiger partial charge < -0.3 is 14.2 Å². The molecule has 0 amide bonds. The van der Waals surface area contributed by atoms with Crippen LogP contribution in [0.4, 0.5) is 0 Å². The maximum absolute atomic E-state index is 10.6. The van der Waals surface area contributed by atoms with Crippen LogP contribution in [0.25, 0.3) is 0 Å². The minimum Gasteiger partial charge on any atom is -0.507 e. The summed E-state index contributed by atoms with van der Waals surface area (Å²) < 4.78 is 38.4. The van der Waals surface area contributed by atoms with Crippen molar-refractivity contribution in [3.05, 3.63) is 18.2 Å². The number of hydrogen-bond acceptors (Lipinski definition) is 3. The number of phenols is 1. The zero-order valence-electron chi connectivity index (χ0n) is 6.21. The summed E-state index contributed by atoms with van der Waals surface area (Å²) in [7, 11) is 0. The molecule has 0 bridgehead atoms. The average Bonchev–Trinajstić information content (AvgIpc) is 2.04. The standard InChI is InChI=1S/C6H6O5S2/c7-5-2-1-4(12(8)9)3-6(5)13(10)11/h1-3,7H,(H,8,9)(H,10,11). The van der Waals surface area contributed by atoms with Gasteiger partial charge in [0.1, 0.15) is 10.6 Å². The number of rotatable bonds is 2. The number of hydrogen-bond donors (Lipinski definition) is 3. The third kappa shape index (κ3) is 2.34. The molecule has 0 aliphatic heterocycles. The maximum Gasteiger partial charge on any atom is 0.190 e. The smallest absolute Gasteiger partial charge is 0.190 e. The van der Waals surface area contributed by atoms with Gasteiger partial charge in [-0.3, -0.25) is 0 Å². The Morgan fingerprint density at radius 3 is 2.15 bits per heavy atom. The molecule has 1 aromatic carbocycles. The van der Waals surface area contributed by atoms with Crippen LogP contribution in [0.3, 0.4) is 0 Å². The summed E-state index contributed by atoms with van der Waals surface area (Å²) >= 11 is -4.58. The molecule has 1 aromatic rings. The monoisotopic (exact) mass is 222 g/mol. The molecular weight excluding hydrogens is 216 g/mol. The molecule has 0 saturated carbocycles. The molecule has 5 nitrogen and oxygen atoms in total. The molecule has 2 unspecified atom stereocenters. The molecule has 13 heavy (non-hydrogen) atoms. The first kappa shape index (κ1) is 10.3. The van der Waals surface area contributed by atoms with Crippen LogP contribution in [-0.4, -0.2) is 22.6 Å². The Morgan fingerprint density at radius 2 is 1.69 bits per heavy atom. The van der Waals surface area contributed by atoms with Gasteiger partial charge in [-0.2, -0.15) is 0 Å². The number of benzene rings is 1. The van der Waals surface area contributed by atoms with Crippen LogP contribution in [-0.2, 0) is 22.2 Å². The molecular formula is C6H6O5S2. The average molecular weight is 222 g/mol. The zero-order valence-corrected chi connectivity index (χ0v) is 7.84. The molecule has 0 fully saturated rings. The van der Waals surface area contributed by atoms with Gasteiger partial charge in [0.2, 0.25) is 0 Å². The SMILES string of the molecule is O=S(O)c1ccc(O)c(S(=O)O)c1. The summed E-state index contributed by atoms with van der Waals surface area (Å²) in [5.74, 6) is -0.380. The van der Waals surface area contributed by atoms with Crippen LogP contribution < -0.4 is 0 Å². The molecule has 7 heteroatoms. The fourth-order valence-electron chi connectivity index (χ4n) is 0.743. The highest BCUT2D eigenvalue weighted by Gasteiger charge is 2.10. The third-order valence-electron chi connectivity index (χ3n) is 1.32. The highest BCUT2D eigenvalue weighted by Crippen LogP contribution is 2.22. The molecule has 2 atom stereocenters. The first-order chi connectivity index (χ1) is 6.02. The summed E-state index contributed by atoms with van der Waals surface area (Å²) in [6.45, 7) is 0. The maximum atomic E-state index is 10.6. The van der Waals surface area contributed by atoms with E-state index in [4.69, 9.17) is 14.2 Å². The van der Waals surface area contributed by atoms with E-state index in [0.29, 0.717) is 0 Å². The Labute approximate surface area is 79.0 Å². The fraction of sp³-hybridized carbons (Fsp3) is 0. The molecule has 1 rings (SSSR count). The van der Waals surface area contributed by atoms with Gasteiger partial charge in [-0.15, -0.1) is 0 Å². The van der Waals surface area contributed by atoms with Crippen molar-refractivity contribution >= 4 is 22.2 Å². The predicted octanol–water partition coefficient (Wildman–Crippen LogP) is 0.553. The van der Waals surface area contributed by atoms with Crippen molar-refractivity contribution in [2.75, 3.05) is 0 Å². The van der Waals surface area contributed by atoms with Crippen molar-refractivity contribution in [2.45, 2.75) is 9.79 Å². The second kappa shape index (κ2) is 3.97. The molecule has 0 aliphatic rings. The van der Waals surface area contributed by atoms with E-state index >= 15 is 0 Å². The predicted molar refractivity (Wildman–Crippen MR) is 46.2 cm³/mol. The largest absolute Gasteiger partial charge is 0.507 e. The van der Waals surface area contributed by atoms with E-state index in [0.717, 1.165) is 12.1 Å². The Bertz CT molecular complexity index is 375. The van der Waals surface area contributed by atoms with Gasteiger partial charge in [0.05, 0.1) is 4.90 Å². The molecule has 0 radical (unpaired) electrons. The van der Waals surface area contributed by atoms with Crippen molar-refractivity contribution in [1.82, 2.24) is 0 Å². The number of aromatic hydroxyl groups is 1. The molecule has 0 saturated heterocycles. The first-order valence-corrected chi connectivity index (χ1v) is 5.28. The van der Waals surface area contributed by atoms with Crippen molar-refractivity contribution in [3.63, 3.8) is 0 Å². The van der Waals surface area contributed by atoms with Crippen molar-refractivity contribution in [1.29, 1.82) is 0 Å². The Kier molecular flexibility index (Phi) is 3.15. The van der Waals surface area contributed by atoms with E-state index < -0.39 is 22.2 Å². The van der Waals surface area contributed by atoms with E-state index in [2.05, 4.69) is 0 Å². The van der Waals surface area contributed by atoms with E-state index in [-0.39, 0.29) is 15.5 Å². The van der Waals surface area contributed by atoms with Crippen LogP contribution in [0.15, 0.2) is 28.0 Å². The van der Waals surface area contributed by atoms with Gasteiger partial charge in [-0.05, 0) is 18.2 Å². The van der Waals surface area contributed by atoms with Crippen LogP contribution >= 0.6 is 0 Å². The lowest BCUT2D eigenvalue weighted by Gasteiger charge is -2.00. The van der Waals surface area contributed by atoms with Crippen molar-refractivity contribution in [2.24, 2.45) is 0 Å². The van der Waals surface area contributed by atoms with Gasteiger partial charge in [-0.1, -0.05) is 0 Å². The topological polar surface area (TPSA) is 94.8 Å². The van der Waals surface area contributed by atoms with E-state index in [1.54, 1.807) is 0 Å². The Hall–Kier alpha value is -0.760. The highest BCUT2D eigenvalue weighted by atomic mass is 32.2. The molecule has 0 heterocycles. The van der Waals surface area contributed by atoms with Gasteiger partial charge in [0, 0.05) is 0 Å². The lowest BCUT2D eigenvalue weighted by atomic mass is 10.3. The van der Waals surface area contributed by atoms with Crippen LogP contribution in [0.2, 0.25) is 0 Å². The fourth-order valence-corrected chi connectivity index (χ4v) is 1.70. The van der Waals surface area contributed by atoms with E-state index in [9.17, 15) is 8.42 Å². The molecule has 3 N–H and O–H groups in total. The van der Waals surface area contributed by atoms with E-state index in [1.807, 2.05) is 0 Å². The normalized spacial score (nSPS) is 15.2. The third-order valence-corrected chi connectivity index (χ3v) is 2.68. The van der Waals surface area contributed by atoms with E-state index in [1.165, 1.54) is 6.07 Å². The molecule has 0 spiro atoms. The quantitative estimate of drug-likeness (QED) is 0.635. The van der Waals surface area contributed by atoms with Crippen LogP contribution in [0.1, 0.15) is 0 Å². The van der Waals surface area contributed by atoms with Crippen molar-refractivity contribution < 1.29 is 22.6 Å². The minimum atomic E-state index is -2.36. The van der Waals surface area contributed by atoms with Gasteiger partial charge >= 0.3 is 0 Å². The highest BCUT2D eigenvalue weighted by molar-refractivity contribution is 7.80. The summed E-state index contributed by atoms with van der Waals surface area (Å²) in [6, 6.07) is 3.29. The minimum absolute atomic E-state index is 0.0322. The van der Waals surface area contributed by atoms with Crippen LogP contribution in [0, 0.1) is 0 Å². The summed E-state index contributed by atoms with van der Waals surface area (Å²) in [6.07, 6.45) is 0. The zero-order chi connectivity index (χ0) is 10.0. The molecule has 72 valence electrons. The summed E-state index contributed by atoms with van der Waals surface area (Å²) in [5.41, 5.74) is 0. The second-order valence-electron chi connectivity index (χ2n) is 2.13. The Morgan fingerprint density at radius 1 is 1.08 bits per heavy atom. The second-order valence-corrected chi connectivity index (χ2v) is 4.04. The Balaban J connectivity index is 3.27. The summed E-state index contributed by atoms with van der Waals surface area (Å²) in [5, 5.41) is 9.05. The molecule has 0 aromatic heterocycles. The van der Waals surface area contributed by atoms with Gasteiger partial charge in [0.15, 0.2) is 22.2 Å². The number of phenolic OH excluding ortho intramolecular Hbond substituents is 1. The summed E-state index contributed by atoms with van der Waals surface area (Å²) in [4.78, 5) is -0.310. The lowest BCUT2D eigenvalue weighted by Crippen LogP contribution is -1.93. The molecule has 0 aliphatic carbocycles. The first-order valence-electron chi connectivity index (χ1n) is 3.07. The van der Waals surface area contributed by atoms with Gasteiger partial charge in [0.25, 0.3) is 0 Å². The van der Waals surface area contributed by atoms with Gasteiger partial charge in [-0.25, -0.2) is 8.42 Å². The lowest BCUT2D eigenvalue weighted by molar-refractivity contribution is 0.456. The van der Waals surface area contributed by atoms with Crippen molar-refractivity contribution in [3.8, 4) is 5.75 Å². The van der Waals surface area contributed by atoms with Crippen LogP contribution in [0.5, 0.6) is 5.75 Å².